The van der Waals surface area contributed by atoms with E-state index in [1.807, 2.05) is 31.1 Å². The van der Waals surface area contributed by atoms with Crippen LogP contribution in [0.15, 0.2) is 36.5 Å². The molecule has 0 aliphatic heterocycles. The topological polar surface area (TPSA) is 91.4 Å². The molecule has 1 aromatic carbocycles. The molecule has 0 bridgehead atoms. The predicted octanol–water partition coefficient (Wildman–Crippen LogP) is 2.10. The molecule has 134 valence electrons. The van der Waals surface area contributed by atoms with Crippen LogP contribution in [0.4, 0.5) is 11.5 Å². The molecule has 2 rings (SSSR count). The molecule has 1 heterocycles. The normalized spacial score (nSPS) is 11.0. The quantitative estimate of drug-likeness (QED) is 0.798. The summed E-state index contributed by atoms with van der Waals surface area (Å²) in [6, 6.07) is 8.09. The van der Waals surface area contributed by atoms with Gasteiger partial charge in [-0.15, -0.1) is 0 Å². The van der Waals surface area contributed by atoms with E-state index in [1.165, 1.54) is 18.2 Å². The van der Waals surface area contributed by atoms with Crippen molar-refractivity contribution in [2.24, 2.45) is 0 Å². The number of sulfonamides is 1. The van der Waals surface area contributed by atoms with E-state index in [0.717, 1.165) is 17.6 Å². The van der Waals surface area contributed by atoms with Crippen molar-refractivity contribution in [2.45, 2.75) is 6.54 Å². The Morgan fingerprint density at radius 1 is 1.24 bits per heavy atom. The number of carbonyl (C=O) groups excluding carboxylic acids is 1. The van der Waals surface area contributed by atoms with E-state index in [0.29, 0.717) is 12.1 Å². The molecule has 0 saturated carbocycles. The number of anilines is 2. The summed E-state index contributed by atoms with van der Waals surface area (Å²) in [4.78, 5) is 18.4. The maximum absolute atomic E-state index is 12.3. The summed E-state index contributed by atoms with van der Waals surface area (Å²) in [6.45, 7) is 0.319. The fraction of sp³-hybridized carbons (Fsp3) is 0.250. The van der Waals surface area contributed by atoms with Crippen LogP contribution >= 0.6 is 11.6 Å². The molecular weight excluding hydrogens is 364 g/mol. The highest BCUT2D eigenvalue weighted by Crippen LogP contribution is 2.24. The Labute approximate surface area is 152 Å². The molecule has 0 aliphatic rings. The molecule has 0 atom stereocenters. The van der Waals surface area contributed by atoms with E-state index in [4.69, 9.17) is 11.6 Å². The number of aromatic nitrogens is 1. The molecule has 0 radical (unpaired) electrons. The molecule has 25 heavy (non-hydrogen) atoms. The Hall–Kier alpha value is -2.32. The largest absolute Gasteiger partial charge is 0.363 e. The smallest absolute Gasteiger partial charge is 0.251 e. The van der Waals surface area contributed by atoms with Crippen LogP contribution in [-0.4, -0.2) is 39.7 Å². The van der Waals surface area contributed by atoms with Crippen LogP contribution in [0, 0.1) is 0 Å². The summed E-state index contributed by atoms with van der Waals surface area (Å²) in [5, 5.41) is 3.00. The first-order chi connectivity index (χ1) is 11.7. The van der Waals surface area contributed by atoms with Gasteiger partial charge in [0, 0.05) is 32.4 Å². The van der Waals surface area contributed by atoms with Gasteiger partial charge >= 0.3 is 0 Å². The number of nitrogens with one attached hydrogen (secondary N) is 2. The van der Waals surface area contributed by atoms with Gasteiger partial charge in [-0.3, -0.25) is 9.52 Å². The van der Waals surface area contributed by atoms with Crippen LogP contribution < -0.4 is 14.9 Å². The third-order valence-electron chi connectivity index (χ3n) is 3.25. The number of amides is 1. The van der Waals surface area contributed by atoms with E-state index in [1.54, 1.807) is 6.20 Å². The van der Waals surface area contributed by atoms with Crippen LogP contribution in [-0.2, 0) is 16.6 Å². The summed E-state index contributed by atoms with van der Waals surface area (Å²) in [5.41, 5.74) is 1.36. The van der Waals surface area contributed by atoms with Gasteiger partial charge in [0.05, 0.1) is 17.0 Å². The molecule has 9 heteroatoms. The van der Waals surface area contributed by atoms with E-state index in [2.05, 4.69) is 15.0 Å². The fourth-order valence-corrected chi connectivity index (χ4v) is 2.83. The lowest BCUT2D eigenvalue weighted by molar-refractivity contribution is 0.0951. The number of hydrogen-bond acceptors (Lipinski definition) is 5. The minimum Gasteiger partial charge on any atom is -0.363 e. The third kappa shape index (κ3) is 5.61. The lowest BCUT2D eigenvalue weighted by Gasteiger charge is -2.13. The van der Waals surface area contributed by atoms with Gasteiger partial charge in [0.2, 0.25) is 10.0 Å². The molecule has 2 aromatic rings. The molecule has 0 spiro atoms. The van der Waals surface area contributed by atoms with Crippen LogP contribution in [0.5, 0.6) is 0 Å². The number of carbonyl (C=O) groups is 1. The molecule has 0 aliphatic carbocycles. The van der Waals surface area contributed by atoms with Crippen LogP contribution in [0.1, 0.15) is 15.9 Å². The third-order valence-corrected chi connectivity index (χ3v) is 4.17. The van der Waals surface area contributed by atoms with Gasteiger partial charge in [0.25, 0.3) is 5.91 Å². The Morgan fingerprint density at radius 2 is 1.96 bits per heavy atom. The second kappa shape index (κ2) is 7.71. The lowest BCUT2D eigenvalue weighted by atomic mass is 10.2. The summed E-state index contributed by atoms with van der Waals surface area (Å²) in [7, 11) is 0.279. The van der Waals surface area contributed by atoms with Gasteiger partial charge in [0.15, 0.2) is 0 Å². The zero-order valence-electron chi connectivity index (χ0n) is 14.1. The highest BCUT2D eigenvalue weighted by Gasteiger charge is 2.12. The SMILES string of the molecule is CN(C)c1cc(CNC(=O)c2ccc(Cl)c(NS(C)(=O)=O)c2)ccn1. The highest BCUT2D eigenvalue weighted by atomic mass is 35.5. The Morgan fingerprint density at radius 3 is 2.60 bits per heavy atom. The van der Waals surface area contributed by atoms with E-state index in [9.17, 15) is 13.2 Å². The molecular formula is C16H19ClN4O3S. The average Bonchev–Trinajstić information content (AvgIpc) is 2.53. The first-order valence-electron chi connectivity index (χ1n) is 7.33. The van der Waals surface area contributed by atoms with Gasteiger partial charge in [-0.05, 0) is 35.9 Å². The first-order valence-corrected chi connectivity index (χ1v) is 9.60. The lowest BCUT2D eigenvalue weighted by Crippen LogP contribution is -2.23. The fourth-order valence-electron chi connectivity index (χ4n) is 2.04. The van der Waals surface area contributed by atoms with Crippen molar-refractivity contribution in [3.8, 4) is 0 Å². The average molecular weight is 383 g/mol. The van der Waals surface area contributed by atoms with Gasteiger partial charge in [-0.1, -0.05) is 11.6 Å². The summed E-state index contributed by atoms with van der Waals surface area (Å²) in [5.74, 6) is 0.453. The Kier molecular flexibility index (Phi) is 5.86. The van der Waals surface area contributed by atoms with Crippen molar-refractivity contribution < 1.29 is 13.2 Å². The number of nitrogens with zero attached hydrogens (tertiary/aromatic N) is 2. The van der Waals surface area contributed by atoms with E-state index < -0.39 is 10.0 Å². The zero-order chi connectivity index (χ0) is 18.6. The molecule has 0 saturated heterocycles. The number of rotatable bonds is 6. The van der Waals surface area contributed by atoms with Gasteiger partial charge in [0.1, 0.15) is 5.82 Å². The minimum absolute atomic E-state index is 0.163. The first kappa shape index (κ1) is 19.0. The summed E-state index contributed by atoms with van der Waals surface area (Å²) in [6.07, 6.45) is 2.69. The zero-order valence-corrected chi connectivity index (χ0v) is 15.6. The molecule has 0 unspecified atom stereocenters. The molecule has 1 aromatic heterocycles. The number of benzene rings is 1. The second-order valence-corrected chi connectivity index (χ2v) is 7.82. The Bertz CT molecular complexity index is 885. The van der Waals surface area contributed by atoms with Gasteiger partial charge in [-0.2, -0.15) is 0 Å². The molecule has 1 amide bonds. The Balaban J connectivity index is 2.11. The molecule has 2 N–H and O–H groups in total. The van der Waals surface area contributed by atoms with Crippen molar-refractivity contribution in [3.63, 3.8) is 0 Å². The molecule has 0 fully saturated rings. The maximum atomic E-state index is 12.3. The van der Waals surface area contributed by atoms with Crippen LogP contribution in [0.3, 0.4) is 0 Å². The van der Waals surface area contributed by atoms with Crippen LogP contribution in [0.2, 0.25) is 5.02 Å². The van der Waals surface area contributed by atoms with Crippen molar-refractivity contribution >= 4 is 39.0 Å². The summed E-state index contributed by atoms with van der Waals surface area (Å²) < 4.78 is 25.0. The van der Waals surface area contributed by atoms with Crippen molar-refractivity contribution in [3.05, 3.63) is 52.7 Å². The van der Waals surface area contributed by atoms with Crippen LogP contribution in [0.25, 0.3) is 0 Å². The minimum atomic E-state index is -3.49. The molecule has 7 nitrogen and oxygen atoms in total. The number of hydrogen-bond donors (Lipinski definition) is 2. The van der Waals surface area contributed by atoms with Gasteiger partial charge in [-0.25, -0.2) is 13.4 Å². The number of pyridine rings is 1. The monoisotopic (exact) mass is 382 g/mol. The standard InChI is InChI=1S/C16H19ClN4O3S/c1-21(2)15-8-11(6-7-18-15)10-19-16(22)12-4-5-13(17)14(9-12)20-25(3,23)24/h4-9,20H,10H2,1-3H3,(H,19,22). The van der Waals surface area contributed by atoms with E-state index in [-0.39, 0.29) is 16.6 Å². The summed E-state index contributed by atoms with van der Waals surface area (Å²) >= 11 is 5.96. The van der Waals surface area contributed by atoms with Crippen molar-refractivity contribution in [1.29, 1.82) is 0 Å². The van der Waals surface area contributed by atoms with Gasteiger partial charge < -0.3 is 10.2 Å². The number of halogens is 1. The van der Waals surface area contributed by atoms with Crippen molar-refractivity contribution in [1.82, 2.24) is 10.3 Å². The highest BCUT2D eigenvalue weighted by molar-refractivity contribution is 7.92. The predicted molar refractivity (Wildman–Crippen MR) is 99.7 cm³/mol. The maximum Gasteiger partial charge on any atom is 0.251 e. The van der Waals surface area contributed by atoms with Crippen molar-refractivity contribution in [2.75, 3.05) is 30.0 Å². The van der Waals surface area contributed by atoms with E-state index >= 15 is 0 Å². The second-order valence-electron chi connectivity index (χ2n) is 5.67.